The smallest absolute Gasteiger partial charge is 0.263 e. The molecule has 4 fully saturated rings. The van der Waals surface area contributed by atoms with Gasteiger partial charge in [0.2, 0.25) is 0 Å². The molecule has 0 aromatic carbocycles. The fourth-order valence-corrected chi connectivity index (χ4v) is 5.21. The third-order valence-electron chi connectivity index (χ3n) is 5.46. The number of hydrogen-bond acceptors (Lipinski definition) is 3. The van der Waals surface area contributed by atoms with Crippen LogP contribution >= 0.6 is 0 Å². The fourth-order valence-electron chi connectivity index (χ4n) is 5.21. The molecular formula is C15H20N3O2+. The van der Waals surface area contributed by atoms with Crippen LogP contribution in [0.2, 0.25) is 0 Å². The molecule has 0 amide bonds. The highest BCUT2D eigenvalue weighted by molar-refractivity contribution is 5.52. The zero-order valence-electron chi connectivity index (χ0n) is 11.5. The third kappa shape index (κ3) is 1.87. The van der Waals surface area contributed by atoms with Gasteiger partial charge in [-0.15, -0.1) is 0 Å². The van der Waals surface area contributed by atoms with Crippen molar-refractivity contribution in [2.75, 3.05) is 5.32 Å². The Hall–Kier alpha value is -1.65. The maximum Gasteiger partial charge on any atom is 0.357 e. The van der Waals surface area contributed by atoms with Crippen molar-refractivity contribution in [2.24, 2.45) is 17.8 Å². The summed E-state index contributed by atoms with van der Waals surface area (Å²) >= 11 is 0. The molecule has 5 rings (SSSR count). The van der Waals surface area contributed by atoms with E-state index in [1.54, 1.807) is 18.3 Å². The Morgan fingerprint density at radius 1 is 1.20 bits per heavy atom. The number of aromatic nitrogens is 1. The maximum absolute atomic E-state index is 11.2. The summed E-state index contributed by atoms with van der Waals surface area (Å²) in [6, 6.07) is 3.25. The molecule has 0 unspecified atom stereocenters. The average molecular weight is 274 g/mol. The SMILES string of the molecule is O=[N+]([O-])c1ccc[nH+]c1NC12CC3CC(CC(C3)C1)C2. The molecule has 0 atom stereocenters. The van der Waals surface area contributed by atoms with Gasteiger partial charge in [0, 0.05) is 6.07 Å². The Morgan fingerprint density at radius 2 is 1.80 bits per heavy atom. The lowest BCUT2D eigenvalue weighted by molar-refractivity contribution is -0.410. The van der Waals surface area contributed by atoms with E-state index in [1.165, 1.54) is 38.5 Å². The number of nitrogens with zero attached hydrogens (tertiary/aromatic N) is 1. The summed E-state index contributed by atoms with van der Waals surface area (Å²) in [6.07, 6.45) is 9.43. The molecule has 0 saturated heterocycles. The molecule has 5 nitrogen and oxygen atoms in total. The largest absolute Gasteiger partial charge is 0.357 e. The second kappa shape index (κ2) is 4.17. The molecule has 4 bridgehead atoms. The minimum Gasteiger partial charge on any atom is -0.263 e. The summed E-state index contributed by atoms with van der Waals surface area (Å²) in [5, 5.41) is 14.7. The highest BCUT2D eigenvalue weighted by Crippen LogP contribution is 2.56. The van der Waals surface area contributed by atoms with Gasteiger partial charge in [0.15, 0.2) is 0 Å². The molecule has 1 aromatic rings. The van der Waals surface area contributed by atoms with Gasteiger partial charge in [-0.25, -0.2) is 4.98 Å². The van der Waals surface area contributed by atoms with Gasteiger partial charge in [-0.05, 0) is 62.3 Å². The zero-order chi connectivity index (χ0) is 13.7. The lowest BCUT2D eigenvalue weighted by atomic mass is 9.53. The van der Waals surface area contributed by atoms with Crippen molar-refractivity contribution in [1.82, 2.24) is 0 Å². The Morgan fingerprint density at radius 3 is 2.35 bits per heavy atom. The molecule has 2 N–H and O–H groups in total. The first-order chi connectivity index (χ1) is 9.63. The second-order valence-electron chi connectivity index (χ2n) is 7.01. The number of H-pyrrole nitrogens is 1. The molecule has 4 saturated carbocycles. The molecule has 0 aliphatic heterocycles. The molecule has 20 heavy (non-hydrogen) atoms. The topological polar surface area (TPSA) is 69.3 Å². The molecule has 0 radical (unpaired) electrons. The highest BCUT2D eigenvalue weighted by atomic mass is 16.6. The lowest BCUT2D eigenvalue weighted by Gasteiger charge is -2.54. The number of hydrogen-bond donors (Lipinski definition) is 1. The third-order valence-corrected chi connectivity index (χ3v) is 5.46. The van der Waals surface area contributed by atoms with Crippen LogP contribution in [0, 0.1) is 27.9 Å². The van der Waals surface area contributed by atoms with E-state index in [0.717, 1.165) is 17.8 Å². The van der Waals surface area contributed by atoms with E-state index in [0.29, 0.717) is 5.82 Å². The van der Waals surface area contributed by atoms with Gasteiger partial charge in [-0.2, -0.15) is 0 Å². The van der Waals surface area contributed by atoms with E-state index >= 15 is 0 Å². The van der Waals surface area contributed by atoms with Crippen LogP contribution in [-0.2, 0) is 0 Å². The quantitative estimate of drug-likeness (QED) is 0.680. The van der Waals surface area contributed by atoms with E-state index in [2.05, 4.69) is 10.3 Å². The van der Waals surface area contributed by atoms with Crippen LogP contribution in [0.15, 0.2) is 18.3 Å². The van der Waals surface area contributed by atoms with Crippen LogP contribution in [-0.4, -0.2) is 10.5 Å². The number of anilines is 1. The number of rotatable bonds is 3. The molecule has 1 aromatic heterocycles. The molecule has 0 spiro atoms. The summed E-state index contributed by atoms with van der Waals surface area (Å²) in [6.45, 7) is 0. The summed E-state index contributed by atoms with van der Waals surface area (Å²) in [4.78, 5) is 13.9. The Kier molecular flexibility index (Phi) is 2.53. The molecule has 4 aliphatic rings. The maximum atomic E-state index is 11.2. The number of pyridine rings is 1. The van der Waals surface area contributed by atoms with Crippen molar-refractivity contribution in [1.29, 1.82) is 0 Å². The van der Waals surface area contributed by atoms with Crippen LogP contribution in [0.5, 0.6) is 0 Å². The Balaban J connectivity index is 1.64. The van der Waals surface area contributed by atoms with Gasteiger partial charge in [-0.3, -0.25) is 15.4 Å². The van der Waals surface area contributed by atoms with Crippen LogP contribution < -0.4 is 10.3 Å². The molecular weight excluding hydrogens is 254 g/mol. The van der Waals surface area contributed by atoms with Crippen molar-refractivity contribution in [3.05, 3.63) is 28.4 Å². The fraction of sp³-hybridized carbons (Fsp3) is 0.667. The van der Waals surface area contributed by atoms with E-state index in [1.807, 2.05) is 0 Å². The number of nitro groups is 1. The summed E-state index contributed by atoms with van der Waals surface area (Å²) < 4.78 is 0. The Bertz CT molecular complexity index is 523. The lowest BCUT2D eigenvalue weighted by Crippen LogP contribution is -2.55. The van der Waals surface area contributed by atoms with Gasteiger partial charge in [0.25, 0.3) is 0 Å². The zero-order valence-corrected chi connectivity index (χ0v) is 11.5. The van der Waals surface area contributed by atoms with Gasteiger partial charge in [0.1, 0.15) is 5.54 Å². The van der Waals surface area contributed by atoms with Gasteiger partial charge >= 0.3 is 11.5 Å². The van der Waals surface area contributed by atoms with Crippen molar-refractivity contribution < 1.29 is 9.91 Å². The molecule has 1 heterocycles. The number of nitrogens with one attached hydrogen (secondary N) is 2. The predicted octanol–water partition coefficient (Wildman–Crippen LogP) is 2.79. The summed E-state index contributed by atoms with van der Waals surface area (Å²) in [5.74, 6) is 3.07. The van der Waals surface area contributed by atoms with Crippen LogP contribution in [0.4, 0.5) is 11.5 Å². The average Bonchev–Trinajstić information content (AvgIpc) is 2.36. The highest BCUT2D eigenvalue weighted by Gasteiger charge is 2.54. The van der Waals surface area contributed by atoms with E-state index in [9.17, 15) is 10.1 Å². The van der Waals surface area contributed by atoms with E-state index in [4.69, 9.17) is 0 Å². The van der Waals surface area contributed by atoms with Crippen LogP contribution in [0.25, 0.3) is 0 Å². The molecule has 106 valence electrons. The number of aromatic amines is 1. The van der Waals surface area contributed by atoms with Crippen molar-refractivity contribution in [3.8, 4) is 0 Å². The monoisotopic (exact) mass is 274 g/mol. The first-order valence-corrected chi connectivity index (χ1v) is 7.57. The van der Waals surface area contributed by atoms with Crippen LogP contribution in [0.3, 0.4) is 0 Å². The molecule has 5 heteroatoms. The first-order valence-electron chi connectivity index (χ1n) is 7.57. The van der Waals surface area contributed by atoms with E-state index < -0.39 is 0 Å². The van der Waals surface area contributed by atoms with Gasteiger partial charge < -0.3 is 0 Å². The first kappa shape index (κ1) is 12.1. The predicted molar refractivity (Wildman–Crippen MR) is 74.2 cm³/mol. The van der Waals surface area contributed by atoms with Crippen molar-refractivity contribution >= 4 is 11.5 Å². The summed E-state index contributed by atoms with van der Waals surface area (Å²) in [5.41, 5.74) is 0.250. The van der Waals surface area contributed by atoms with E-state index in [-0.39, 0.29) is 16.1 Å². The summed E-state index contributed by atoms with van der Waals surface area (Å²) in [7, 11) is 0. The van der Waals surface area contributed by atoms with Gasteiger partial charge in [0.05, 0.1) is 11.1 Å². The second-order valence-corrected chi connectivity index (χ2v) is 7.01. The molecule has 4 aliphatic carbocycles. The Labute approximate surface area is 117 Å². The standard InChI is InChI=1S/C15H19N3O2/c19-18(20)13-2-1-3-16-14(13)17-15-7-10-4-11(8-15)6-12(5-10)9-15/h1-3,10-12H,4-9H2,(H,16,17)/p+1. The minimum absolute atomic E-state index is 0.0946. The van der Waals surface area contributed by atoms with Gasteiger partial charge in [-0.1, -0.05) is 0 Å². The van der Waals surface area contributed by atoms with Crippen molar-refractivity contribution in [2.45, 2.75) is 44.1 Å². The van der Waals surface area contributed by atoms with Crippen molar-refractivity contribution in [3.63, 3.8) is 0 Å². The normalized spacial score (nSPS) is 37.9. The minimum atomic E-state index is -0.306. The van der Waals surface area contributed by atoms with Crippen LogP contribution in [0.1, 0.15) is 38.5 Å².